The van der Waals surface area contributed by atoms with Crippen molar-refractivity contribution in [1.82, 2.24) is 0 Å². The molecule has 0 saturated heterocycles. The van der Waals surface area contributed by atoms with Crippen LogP contribution in [0.4, 0.5) is 0 Å². The monoisotopic (exact) mass is 554 g/mol. The fourth-order valence-corrected chi connectivity index (χ4v) is 7.08. The molecule has 0 unspecified atom stereocenters. The van der Waals surface area contributed by atoms with Gasteiger partial charge < -0.3 is 22.3 Å². The molecule has 2 aromatic heterocycles. The molecule has 4 aromatic rings. The van der Waals surface area contributed by atoms with Gasteiger partial charge in [0.2, 0.25) is 9.84 Å². The molecular weight excluding hydrogens is 537 g/mol. The van der Waals surface area contributed by atoms with E-state index in [1.807, 2.05) is 0 Å². The molecule has 9 nitrogen and oxygen atoms in total. The predicted molar refractivity (Wildman–Crippen MR) is 135 cm³/mol. The molecule has 13 heteroatoms. The van der Waals surface area contributed by atoms with Crippen LogP contribution >= 0.6 is 35.4 Å². The highest BCUT2D eigenvalue weighted by molar-refractivity contribution is 7.95. The predicted octanol–water partition coefficient (Wildman–Crippen LogP) is 4.52. The first-order valence-electron chi connectivity index (χ1n) is 9.71. The molecule has 0 amide bonds. The number of ether oxygens (including phenoxy) is 2. The Labute approximate surface area is 212 Å². The van der Waals surface area contributed by atoms with Gasteiger partial charge in [0.15, 0.2) is 4.90 Å². The van der Waals surface area contributed by atoms with E-state index in [2.05, 4.69) is 0 Å². The maximum atomic E-state index is 13.5. The molecule has 0 fully saturated rings. The number of hydrogen-bond donors (Lipinski definition) is 0. The standard InChI is InChI=1S/C22H18O9S4/c1-27-11-5-15(28-2)13-10-20(22(24)32-17(13)6-11)35(25,26)19-9-14-16(31-21(19)23)7-12(33-29-3)8-18(14)34-30-4/h5-10H,1-4H3. The molecule has 2 heterocycles. The van der Waals surface area contributed by atoms with Crippen molar-refractivity contribution < 1.29 is 30.7 Å². The largest absolute Gasteiger partial charge is 0.497 e. The molecule has 0 spiro atoms. The van der Waals surface area contributed by atoms with E-state index in [1.54, 1.807) is 24.3 Å². The molecule has 0 bridgehead atoms. The van der Waals surface area contributed by atoms with Crippen molar-refractivity contribution in [3.8, 4) is 11.5 Å². The van der Waals surface area contributed by atoms with Gasteiger partial charge in [-0.1, -0.05) is 11.3 Å². The van der Waals surface area contributed by atoms with Crippen molar-refractivity contribution in [2.75, 3.05) is 28.4 Å². The second-order valence-corrected chi connectivity index (χ2v) is 11.7. The third-order valence-corrected chi connectivity index (χ3v) is 9.02. The van der Waals surface area contributed by atoms with Crippen LogP contribution in [0.25, 0.3) is 21.1 Å². The minimum atomic E-state index is -4.55. The molecule has 0 aliphatic rings. The van der Waals surface area contributed by atoms with Crippen molar-refractivity contribution in [3.05, 3.63) is 56.4 Å². The van der Waals surface area contributed by atoms with E-state index in [9.17, 15) is 18.0 Å². The minimum Gasteiger partial charge on any atom is -0.497 e. The number of sulfone groups is 1. The summed E-state index contributed by atoms with van der Waals surface area (Å²) in [5, 5.41) is 0.716. The lowest BCUT2D eigenvalue weighted by Gasteiger charge is -2.11. The van der Waals surface area contributed by atoms with Gasteiger partial charge in [-0.2, -0.15) is 0 Å². The van der Waals surface area contributed by atoms with Gasteiger partial charge in [0.25, 0.3) is 4.74 Å². The van der Waals surface area contributed by atoms with Gasteiger partial charge in [-0.05, 0) is 30.3 Å². The van der Waals surface area contributed by atoms with Gasteiger partial charge >= 0.3 is 5.63 Å². The Hall–Kier alpha value is -2.55. The van der Waals surface area contributed by atoms with Crippen LogP contribution in [0.2, 0.25) is 0 Å². The smallest absolute Gasteiger partial charge is 0.355 e. The Morgan fingerprint density at radius 1 is 0.829 bits per heavy atom. The summed E-state index contributed by atoms with van der Waals surface area (Å²) < 4.78 is 53.0. The zero-order valence-electron chi connectivity index (χ0n) is 18.8. The molecule has 0 N–H and O–H groups in total. The maximum Gasteiger partial charge on any atom is 0.355 e. The van der Waals surface area contributed by atoms with E-state index in [0.717, 1.165) is 24.1 Å². The second-order valence-electron chi connectivity index (χ2n) is 6.87. The second kappa shape index (κ2) is 10.2. The van der Waals surface area contributed by atoms with Crippen molar-refractivity contribution in [3.63, 3.8) is 0 Å². The van der Waals surface area contributed by atoms with Crippen molar-refractivity contribution in [2.24, 2.45) is 0 Å². The maximum absolute atomic E-state index is 13.5. The SMILES string of the molecule is COSc1cc(SOC)c2cc(S(=O)(=O)c3cc4c(OC)cc(OC)cc4sc3=O)c(=O)oc2c1. The molecule has 4 rings (SSSR count). The minimum absolute atomic E-state index is 0.146. The Kier molecular flexibility index (Phi) is 7.45. The van der Waals surface area contributed by atoms with E-state index in [1.165, 1.54) is 40.6 Å². The van der Waals surface area contributed by atoms with E-state index in [4.69, 9.17) is 22.3 Å². The molecule has 2 aromatic carbocycles. The summed E-state index contributed by atoms with van der Waals surface area (Å²) in [6.07, 6.45) is 0. The number of fused-ring (bicyclic) bond motifs is 2. The highest BCUT2D eigenvalue weighted by atomic mass is 32.2. The normalized spacial score (nSPS) is 11.8. The summed E-state index contributed by atoms with van der Waals surface area (Å²) in [6.45, 7) is 0. The summed E-state index contributed by atoms with van der Waals surface area (Å²) in [5.41, 5.74) is -0.954. The van der Waals surface area contributed by atoms with E-state index < -0.39 is 30.0 Å². The first-order chi connectivity index (χ1) is 16.7. The lowest BCUT2D eigenvalue weighted by atomic mass is 10.2. The van der Waals surface area contributed by atoms with Crippen molar-refractivity contribution in [1.29, 1.82) is 0 Å². The highest BCUT2D eigenvalue weighted by Crippen LogP contribution is 2.36. The van der Waals surface area contributed by atoms with E-state index >= 15 is 0 Å². The molecule has 0 saturated carbocycles. The Morgan fingerprint density at radius 2 is 1.54 bits per heavy atom. The summed E-state index contributed by atoms with van der Waals surface area (Å²) in [6, 6.07) is 8.83. The van der Waals surface area contributed by atoms with Crippen LogP contribution < -0.4 is 19.8 Å². The fraction of sp³-hybridized carbons (Fsp3) is 0.182. The first-order valence-corrected chi connectivity index (χ1v) is 13.5. The van der Waals surface area contributed by atoms with Gasteiger partial charge in [-0.3, -0.25) is 4.79 Å². The van der Waals surface area contributed by atoms with Crippen LogP contribution in [-0.2, 0) is 18.2 Å². The van der Waals surface area contributed by atoms with Crippen LogP contribution in [0.5, 0.6) is 11.5 Å². The van der Waals surface area contributed by atoms with Crippen LogP contribution in [-0.4, -0.2) is 36.9 Å². The number of hydrogen-bond acceptors (Lipinski definition) is 12. The van der Waals surface area contributed by atoms with Crippen LogP contribution in [0, 0.1) is 0 Å². The van der Waals surface area contributed by atoms with Crippen LogP contribution in [0.15, 0.2) is 70.0 Å². The molecule has 0 radical (unpaired) electrons. The third kappa shape index (κ3) is 4.79. The quantitative estimate of drug-likeness (QED) is 0.226. The lowest BCUT2D eigenvalue weighted by molar-refractivity contribution is 0.398. The lowest BCUT2D eigenvalue weighted by Crippen LogP contribution is -2.19. The van der Waals surface area contributed by atoms with Gasteiger partial charge in [0, 0.05) is 55.4 Å². The molecule has 184 valence electrons. The van der Waals surface area contributed by atoms with Gasteiger partial charge in [0.05, 0.1) is 28.4 Å². The third-order valence-electron chi connectivity index (χ3n) is 4.90. The summed E-state index contributed by atoms with van der Waals surface area (Å²) in [7, 11) is 1.27. The van der Waals surface area contributed by atoms with Gasteiger partial charge in [-0.15, -0.1) is 0 Å². The first kappa shape index (κ1) is 25.5. The average molecular weight is 555 g/mol. The van der Waals surface area contributed by atoms with Gasteiger partial charge in [-0.25, -0.2) is 13.2 Å². The zero-order valence-corrected chi connectivity index (χ0v) is 22.0. The van der Waals surface area contributed by atoms with Gasteiger partial charge in [0.1, 0.15) is 22.0 Å². The zero-order chi connectivity index (χ0) is 25.3. The Balaban J connectivity index is 1.97. The topological polar surface area (TPSA) is 118 Å². The summed E-state index contributed by atoms with van der Waals surface area (Å²) >= 11 is 2.72. The van der Waals surface area contributed by atoms with Crippen molar-refractivity contribution >= 4 is 66.3 Å². The molecule has 0 atom stereocenters. The number of benzene rings is 2. The van der Waals surface area contributed by atoms with Crippen LogP contribution in [0.1, 0.15) is 0 Å². The average Bonchev–Trinajstić information content (AvgIpc) is 2.82. The fourth-order valence-electron chi connectivity index (χ4n) is 3.37. The van der Waals surface area contributed by atoms with E-state index in [0.29, 0.717) is 48.1 Å². The number of rotatable bonds is 8. The Bertz CT molecular complexity index is 1660. The highest BCUT2D eigenvalue weighted by Gasteiger charge is 2.28. The summed E-state index contributed by atoms with van der Waals surface area (Å²) in [5.74, 6) is 0.768. The molecular formula is C22H18O9S4. The Morgan fingerprint density at radius 3 is 2.20 bits per heavy atom. The van der Waals surface area contributed by atoms with Crippen molar-refractivity contribution in [2.45, 2.75) is 19.6 Å². The number of methoxy groups -OCH3 is 2. The molecule has 35 heavy (non-hydrogen) atoms. The summed E-state index contributed by atoms with van der Waals surface area (Å²) in [4.78, 5) is 25.6. The molecule has 0 aliphatic carbocycles. The van der Waals surface area contributed by atoms with E-state index in [-0.39, 0.29) is 5.58 Å². The van der Waals surface area contributed by atoms with Crippen LogP contribution in [0.3, 0.4) is 0 Å². The molecule has 0 aliphatic heterocycles.